The lowest BCUT2D eigenvalue weighted by atomic mass is 10.2. The summed E-state index contributed by atoms with van der Waals surface area (Å²) < 4.78 is 10.7. The Balaban J connectivity index is 1.54. The van der Waals surface area contributed by atoms with Gasteiger partial charge in [0.05, 0.1) is 19.8 Å². The van der Waals surface area contributed by atoms with Gasteiger partial charge in [0, 0.05) is 17.9 Å². The summed E-state index contributed by atoms with van der Waals surface area (Å²) in [6.07, 6.45) is -0.281. The van der Waals surface area contributed by atoms with Gasteiger partial charge in [-0.05, 0) is 36.4 Å². The third-order valence-corrected chi connectivity index (χ3v) is 4.04. The number of morpholine rings is 1. The zero-order chi connectivity index (χ0) is 18.4. The van der Waals surface area contributed by atoms with Gasteiger partial charge in [-0.1, -0.05) is 18.2 Å². The number of benzene rings is 2. The van der Waals surface area contributed by atoms with E-state index >= 15 is 0 Å². The van der Waals surface area contributed by atoms with Crippen LogP contribution in [0.3, 0.4) is 0 Å². The summed E-state index contributed by atoms with van der Waals surface area (Å²) in [5, 5.41) is 5.52. The fourth-order valence-corrected chi connectivity index (χ4v) is 2.66. The second kappa shape index (κ2) is 8.35. The van der Waals surface area contributed by atoms with Crippen molar-refractivity contribution in [1.82, 2.24) is 5.32 Å². The number of methoxy groups -OCH3 is 1. The number of amides is 3. The van der Waals surface area contributed by atoms with E-state index in [-0.39, 0.29) is 24.6 Å². The maximum atomic E-state index is 12.1. The summed E-state index contributed by atoms with van der Waals surface area (Å²) in [7, 11) is 1.59. The van der Waals surface area contributed by atoms with Crippen molar-refractivity contribution < 1.29 is 19.1 Å². The molecule has 2 N–H and O–H groups in total. The van der Waals surface area contributed by atoms with Crippen LogP contribution in [-0.2, 0) is 9.53 Å². The lowest BCUT2D eigenvalue weighted by Crippen LogP contribution is -2.51. The van der Waals surface area contributed by atoms with Gasteiger partial charge in [-0.15, -0.1) is 0 Å². The van der Waals surface area contributed by atoms with Crippen LogP contribution in [-0.4, -0.2) is 44.8 Å². The molecule has 1 fully saturated rings. The zero-order valence-corrected chi connectivity index (χ0v) is 14.5. The van der Waals surface area contributed by atoms with E-state index in [1.165, 1.54) is 0 Å². The van der Waals surface area contributed by atoms with Crippen molar-refractivity contribution in [3.05, 3.63) is 54.6 Å². The average molecular weight is 355 g/mol. The molecule has 3 amide bonds. The first-order chi connectivity index (χ1) is 12.7. The Bertz CT molecular complexity index is 749. The van der Waals surface area contributed by atoms with Crippen molar-refractivity contribution in [2.24, 2.45) is 0 Å². The molecule has 1 saturated heterocycles. The molecule has 1 atom stereocenters. The van der Waals surface area contributed by atoms with Crippen LogP contribution in [0.1, 0.15) is 0 Å². The van der Waals surface area contributed by atoms with Gasteiger partial charge in [0.2, 0.25) is 0 Å². The molecule has 1 unspecified atom stereocenters. The smallest absolute Gasteiger partial charge is 0.319 e. The molecule has 0 radical (unpaired) electrons. The number of ether oxygens (including phenoxy) is 2. The molecule has 1 aliphatic heterocycles. The number of para-hydroxylation sites is 1. The van der Waals surface area contributed by atoms with Crippen molar-refractivity contribution >= 4 is 23.3 Å². The number of carbonyl (C=O) groups is 2. The number of carbonyl (C=O) groups excluding carboxylic acids is 2. The van der Waals surface area contributed by atoms with E-state index in [1.807, 2.05) is 30.3 Å². The minimum atomic E-state index is -0.312. The normalized spacial score (nSPS) is 16.9. The van der Waals surface area contributed by atoms with Gasteiger partial charge in [0.15, 0.2) is 0 Å². The molecule has 2 aromatic rings. The standard InChI is InChI=1S/C19H21N3O4/c1-25-16-9-7-15(8-10-16)22-12-17(26-13-18(22)23)11-20-19(24)21-14-5-3-2-4-6-14/h2-10,17H,11-13H2,1H3,(H2,20,21,24). The van der Waals surface area contributed by atoms with Crippen molar-refractivity contribution in [3.63, 3.8) is 0 Å². The average Bonchev–Trinajstić information content (AvgIpc) is 2.68. The summed E-state index contributed by atoms with van der Waals surface area (Å²) in [4.78, 5) is 25.8. The first kappa shape index (κ1) is 17.8. The van der Waals surface area contributed by atoms with Gasteiger partial charge in [-0.2, -0.15) is 0 Å². The van der Waals surface area contributed by atoms with Crippen molar-refractivity contribution in [2.45, 2.75) is 6.10 Å². The van der Waals surface area contributed by atoms with Gasteiger partial charge in [-0.25, -0.2) is 4.79 Å². The predicted molar refractivity (Wildman–Crippen MR) is 98.6 cm³/mol. The molecule has 0 bridgehead atoms. The second-order valence-electron chi connectivity index (χ2n) is 5.84. The van der Waals surface area contributed by atoms with Crippen LogP contribution in [0.25, 0.3) is 0 Å². The molecule has 7 heteroatoms. The van der Waals surface area contributed by atoms with Crippen molar-refractivity contribution in [1.29, 1.82) is 0 Å². The quantitative estimate of drug-likeness (QED) is 0.862. The first-order valence-electron chi connectivity index (χ1n) is 8.31. The monoisotopic (exact) mass is 355 g/mol. The number of hydrogen-bond acceptors (Lipinski definition) is 4. The number of urea groups is 1. The molecule has 1 heterocycles. The van der Waals surface area contributed by atoms with E-state index in [0.717, 1.165) is 11.4 Å². The maximum Gasteiger partial charge on any atom is 0.319 e. The lowest BCUT2D eigenvalue weighted by molar-refractivity contribution is -0.129. The molecular formula is C19H21N3O4. The summed E-state index contributed by atoms with van der Waals surface area (Å²) >= 11 is 0. The van der Waals surface area contributed by atoms with Crippen LogP contribution in [0, 0.1) is 0 Å². The van der Waals surface area contributed by atoms with Crippen LogP contribution < -0.4 is 20.3 Å². The van der Waals surface area contributed by atoms with E-state index in [0.29, 0.717) is 18.8 Å². The molecule has 136 valence electrons. The zero-order valence-electron chi connectivity index (χ0n) is 14.5. The van der Waals surface area contributed by atoms with Crippen LogP contribution in [0.4, 0.5) is 16.2 Å². The van der Waals surface area contributed by atoms with E-state index in [1.54, 1.807) is 36.3 Å². The van der Waals surface area contributed by atoms with E-state index < -0.39 is 0 Å². The van der Waals surface area contributed by atoms with E-state index in [4.69, 9.17) is 9.47 Å². The highest BCUT2D eigenvalue weighted by Gasteiger charge is 2.27. The highest BCUT2D eigenvalue weighted by molar-refractivity contribution is 5.95. The number of nitrogens with zero attached hydrogens (tertiary/aromatic N) is 1. The summed E-state index contributed by atoms with van der Waals surface area (Å²) in [5.41, 5.74) is 1.49. The Labute approximate surface area is 151 Å². The van der Waals surface area contributed by atoms with Gasteiger partial charge in [0.1, 0.15) is 12.4 Å². The molecule has 1 aliphatic rings. The number of anilines is 2. The van der Waals surface area contributed by atoms with Crippen LogP contribution in [0.15, 0.2) is 54.6 Å². The number of rotatable bonds is 5. The molecule has 0 saturated carbocycles. The second-order valence-corrected chi connectivity index (χ2v) is 5.84. The topological polar surface area (TPSA) is 79.9 Å². The molecular weight excluding hydrogens is 334 g/mol. The number of hydrogen-bond donors (Lipinski definition) is 2. The Hall–Kier alpha value is -3.06. The Morgan fingerprint density at radius 1 is 1.19 bits per heavy atom. The SMILES string of the molecule is COc1ccc(N2CC(CNC(=O)Nc3ccccc3)OCC2=O)cc1. The summed E-state index contributed by atoms with van der Waals surface area (Å²) in [6.45, 7) is 0.661. The molecule has 3 rings (SSSR count). The van der Waals surface area contributed by atoms with Gasteiger partial charge >= 0.3 is 6.03 Å². The largest absolute Gasteiger partial charge is 0.497 e. The van der Waals surface area contributed by atoms with E-state index in [2.05, 4.69) is 10.6 Å². The maximum absolute atomic E-state index is 12.1. The minimum Gasteiger partial charge on any atom is -0.497 e. The fraction of sp³-hybridized carbons (Fsp3) is 0.263. The van der Waals surface area contributed by atoms with Gasteiger partial charge in [-0.3, -0.25) is 4.79 Å². The molecule has 2 aromatic carbocycles. The highest BCUT2D eigenvalue weighted by atomic mass is 16.5. The van der Waals surface area contributed by atoms with Gasteiger partial charge < -0.3 is 25.0 Å². The fourth-order valence-electron chi connectivity index (χ4n) is 2.66. The highest BCUT2D eigenvalue weighted by Crippen LogP contribution is 2.21. The first-order valence-corrected chi connectivity index (χ1v) is 8.31. The van der Waals surface area contributed by atoms with Crippen LogP contribution in [0.2, 0.25) is 0 Å². The third-order valence-electron chi connectivity index (χ3n) is 4.04. The summed E-state index contributed by atoms with van der Waals surface area (Å²) in [5.74, 6) is 0.616. The molecule has 0 aromatic heterocycles. The Morgan fingerprint density at radius 3 is 2.62 bits per heavy atom. The Morgan fingerprint density at radius 2 is 1.92 bits per heavy atom. The lowest BCUT2D eigenvalue weighted by Gasteiger charge is -2.33. The Kier molecular flexibility index (Phi) is 5.70. The molecule has 7 nitrogen and oxygen atoms in total. The van der Waals surface area contributed by atoms with Crippen molar-refractivity contribution in [2.75, 3.05) is 37.0 Å². The molecule has 26 heavy (non-hydrogen) atoms. The minimum absolute atomic E-state index is 0.0152. The van der Waals surface area contributed by atoms with E-state index in [9.17, 15) is 9.59 Å². The number of nitrogens with one attached hydrogen (secondary N) is 2. The van der Waals surface area contributed by atoms with Crippen LogP contribution >= 0.6 is 0 Å². The van der Waals surface area contributed by atoms with Crippen LogP contribution in [0.5, 0.6) is 5.75 Å². The van der Waals surface area contributed by atoms with Crippen molar-refractivity contribution in [3.8, 4) is 5.75 Å². The third kappa shape index (κ3) is 4.52. The summed E-state index contributed by atoms with van der Waals surface area (Å²) in [6, 6.07) is 16.1. The predicted octanol–water partition coefficient (Wildman–Crippen LogP) is 2.25. The molecule has 0 spiro atoms. The molecule has 0 aliphatic carbocycles. The van der Waals surface area contributed by atoms with Gasteiger partial charge in [0.25, 0.3) is 5.91 Å².